The third kappa shape index (κ3) is 4.40. The number of nitrogens with zero attached hydrogens (tertiary/aromatic N) is 3. The van der Waals surface area contributed by atoms with E-state index in [-0.39, 0.29) is 5.91 Å². The largest absolute Gasteiger partial charge is 0.416 e. The van der Waals surface area contributed by atoms with E-state index in [0.29, 0.717) is 43.9 Å². The van der Waals surface area contributed by atoms with Crippen molar-refractivity contribution in [2.45, 2.75) is 19.6 Å². The van der Waals surface area contributed by atoms with Crippen molar-refractivity contribution in [1.82, 2.24) is 14.8 Å². The second kappa shape index (κ2) is 7.45. The summed E-state index contributed by atoms with van der Waals surface area (Å²) in [6.45, 7) is 4.65. The van der Waals surface area contributed by atoms with Crippen LogP contribution in [-0.4, -0.2) is 46.9 Å². The topological polar surface area (TPSA) is 36.4 Å². The zero-order chi connectivity index (χ0) is 18.7. The van der Waals surface area contributed by atoms with Gasteiger partial charge in [0.1, 0.15) is 0 Å². The van der Waals surface area contributed by atoms with E-state index in [1.54, 1.807) is 29.3 Å². The van der Waals surface area contributed by atoms with E-state index in [0.717, 1.165) is 11.8 Å². The Morgan fingerprint density at radius 2 is 1.85 bits per heavy atom. The van der Waals surface area contributed by atoms with Crippen LogP contribution < -0.4 is 0 Å². The van der Waals surface area contributed by atoms with Gasteiger partial charge in [0.05, 0.1) is 11.1 Å². The fraction of sp³-hybridized carbons (Fsp3) is 0.368. The fourth-order valence-corrected chi connectivity index (χ4v) is 2.99. The lowest BCUT2D eigenvalue weighted by atomic mass is 10.1. The molecule has 2 aromatic rings. The monoisotopic (exact) mass is 363 g/mol. The molecule has 0 aliphatic carbocycles. The molecule has 2 heterocycles. The molecule has 0 saturated carbocycles. The molecule has 1 aliphatic rings. The normalized spacial score (nSPS) is 15.9. The van der Waals surface area contributed by atoms with Crippen LogP contribution in [0.25, 0.3) is 0 Å². The number of piperazine rings is 1. The first-order valence-electron chi connectivity index (χ1n) is 8.43. The van der Waals surface area contributed by atoms with Crippen molar-refractivity contribution < 1.29 is 18.0 Å². The van der Waals surface area contributed by atoms with E-state index in [1.807, 2.05) is 6.92 Å². The maximum Gasteiger partial charge on any atom is 0.416 e. The molecule has 1 fully saturated rings. The minimum atomic E-state index is -4.33. The zero-order valence-corrected chi connectivity index (χ0v) is 14.5. The average Bonchev–Trinajstić information content (AvgIpc) is 2.62. The van der Waals surface area contributed by atoms with Gasteiger partial charge in [-0.25, -0.2) is 0 Å². The van der Waals surface area contributed by atoms with E-state index in [4.69, 9.17) is 0 Å². The molecule has 1 aromatic carbocycles. The van der Waals surface area contributed by atoms with Crippen LogP contribution in [0.2, 0.25) is 0 Å². The summed E-state index contributed by atoms with van der Waals surface area (Å²) in [5, 5.41) is 0. The first kappa shape index (κ1) is 18.4. The van der Waals surface area contributed by atoms with E-state index in [9.17, 15) is 18.0 Å². The molecular formula is C19H20F3N3O. The molecule has 0 spiro atoms. The molecule has 1 saturated heterocycles. The fourth-order valence-electron chi connectivity index (χ4n) is 2.99. The Bertz CT molecular complexity index is 766. The Morgan fingerprint density at radius 3 is 2.46 bits per heavy atom. The number of hydrogen-bond acceptors (Lipinski definition) is 3. The number of carbonyl (C=O) groups is 1. The number of benzene rings is 1. The Morgan fingerprint density at radius 1 is 1.12 bits per heavy atom. The number of alkyl halides is 3. The number of carbonyl (C=O) groups excluding carboxylic acids is 1. The van der Waals surface area contributed by atoms with Gasteiger partial charge in [-0.2, -0.15) is 13.2 Å². The van der Waals surface area contributed by atoms with Crippen molar-refractivity contribution >= 4 is 5.91 Å². The predicted molar refractivity (Wildman–Crippen MR) is 91.6 cm³/mol. The molecule has 0 atom stereocenters. The van der Waals surface area contributed by atoms with Crippen LogP contribution in [0.3, 0.4) is 0 Å². The van der Waals surface area contributed by atoms with Crippen LogP contribution in [-0.2, 0) is 12.7 Å². The highest BCUT2D eigenvalue weighted by atomic mass is 19.4. The van der Waals surface area contributed by atoms with E-state index in [1.165, 1.54) is 12.1 Å². The summed E-state index contributed by atoms with van der Waals surface area (Å²) in [6, 6.07) is 8.97. The minimum Gasteiger partial charge on any atom is -0.336 e. The molecular weight excluding hydrogens is 343 g/mol. The van der Waals surface area contributed by atoms with Gasteiger partial charge in [-0.15, -0.1) is 0 Å². The van der Waals surface area contributed by atoms with Crippen molar-refractivity contribution in [2.24, 2.45) is 0 Å². The first-order valence-corrected chi connectivity index (χ1v) is 8.43. The van der Waals surface area contributed by atoms with Gasteiger partial charge in [0.15, 0.2) is 0 Å². The van der Waals surface area contributed by atoms with Gasteiger partial charge in [0, 0.05) is 44.6 Å². The first-order chi connectivity index (χ1) is 12.3. The van der Waals surface area contributed by atoms with Gasteiger partial charge < -0.3 is 4.90 Å². The van der Waals surface area contributed by atoms with Gasteiger partial charge in [-0.05, 0) is 30.7 Å². The standard InChI is InChI=1S/C19H20F3N3O/c1-14-5-6-16(12-23-14)18(26)25-9-7-24(8-10-25)13-15-3-2-4-17(11-15)19(20,21)22/h2-6,11-12H,7-10,13H2,1H3. The third-order valence-corrected chi connectivity index (χ3v) is 4.48. The van der Waals surface area contributed by atoms with Gasteiger partial charge in [-0.1, -0.05) is 18.2 Å². The van der Waals surface area contributed by atoms with Crippen LogP contribution >= 0.6 is 0 Å². The molecule has 7 heteroatoms. The summed E-state index contributed by atoms with van der Waals surface area (Å²) >= 11 is 0. The predicted octanol–water partition coefficient (Wildman–Crippen LogP) is 3.37. The number of amides is 1. The molecule has 0 radical (unpaired) electrons. The molecule has 0 N–H and O–H groups in total. The van der Waals surface area contributed by atoms with Gasteiger partial charge in [0.2, 0.25) is 0 Å². The van der Waals surface area contributed by atoms with Crippen LogP contribution in [0.15, 0.2) is 42.6 Å². The lowest BCUT2D eigenvalue weighted by Crippen LogP contribution is -2.48. The summed E-state index contributed by atoms with van der Waals surface area (Å²) in [4.78, 5) is 20.4. The summed E-state index contributed by atoms with van der Waals surface area (Å²) < 4.78 is 38.4. The zero-order valence-electron chi connectivity index (χ0n) is 14.5. The second-order valence-electron chi connectivity index (χ2n) is 6.45. The van der Waals surface area contributed by atoms with Gasteiger partial charge in [-0.3, -0.25) is 14.7 Å². The van der Waals surface area contributed by atoms with E-state index in [2.05, 4.69) is 9.88 Å². The highest BCUT2D eigenvalue weighted by molar-refractivity contribution is 5.94. The summed E-state index contributed by atoms with van der Waals surface area (Å²) in [5.74, 6) is -0.0591. The highest BCUT2D eigenvalue weighted by Gasteiger charge is 2.30. The lowest BCUT2D eigenvalue weighted by Gasteiger charge is -2.34. The third-order valence-electron chi connectivity index (χ3n) is 4.48. The molecule has 1 aromatic heterocycles. The van der Waals surface area contributed by atoms with Gasteiger partial charge in [0.25, 0.3) is 5.91 Å². The summed E-state index contributed by atoms with van der Waals surface area (Å²) in [7, 11) is 0. The Balaban J connectivity index is 1.57. The van der Waals surface area contributed by atoms with Crippen molar-refractivity contribution in [3.63, 3.8) is 0 Å². The Kier molecular flexibility index (Phi) is 5.27. The van der Waals surface area contributed by atoms with Crippen LogP contribution in [0.1, 0.15) is 27.2 Å². The van der Waals surface area contributed by atoms with Crippen molar-refractivity contribution in [3.8, 4) is 0 Å². The van der Waals surface area contributed by atoms with Crippen molar-refractivity contribution in [3.05, 3.63) is 65.0 Å². The number of aromatic nitrogens is 1. The van der Waals surface area contributed by atoms with Crippen molar-refractivity contribution in [2.75, 3.05) is 26.2 Å². The number of rotatable bonds is 3. The van der Waals surface area contributed by atoms with Crippen LogP contribution in [0.4, 0.5) is 13.2 Å². The lowest BCUT2D eigenvalue weighted by molar-refractivity contribution is -0.137. The highest BCUT2D eigenvalue weighted by Crippen LogP contribution is 2.29. The SMILES string of the molecule is Cc1ccc(C(=O)N2CCN(Cc3cccc(C(F)(F)F)c3)CC2)cn1. The molecule has 0 bridgehead atoms. The van der Waals surface area contributed by atoms with Crippen molar-refractivity contribution in [1.29, 1.82) is 0 Å². The molecule has 1 amide bonds. The van der Waals surface area contributed by atoms with Crippen LogP contribution in [0, 0.1) is 6.92 Å². The maximum atomic E-state index is 12.8. The van der Waals surface area contributed by atoms with Gasteiger partial charge >= 0.3 is 6.18 Å². The number of hydrogen-bond donors (Lipinski definition) is 0. The summed E-state index contributed by atoms with van der Waals surface area (Å²) in [5.41, 5.74) is 1.41. The quantitative estimate of drug-likeness (QED) is 0.839. The molecule has 1 aliphatic heterocycles. The summed E-state index contributed by atoms with van der Waals surface area (Å²) in [6.07, 6.45) is -2.75. The molecule has 3 rings (SSSR count). The number of pyridine rings is 1. The number of aryl methyl sites for hydroxylation is 1. The van der Waals surface area contributed by atoms with E-state index >= 15 is 0 Å². The molecule has 138 valence electrons. The molecule has 26 heavy (non-hydrogen) atoms. The Hall–Kier alpha value is -2.41. The minimum absolute atomic E-state index is 0.0591. The Labute approximate surface area is 150 Å². The van der Waals surface area contributed by atoms with E-state index < -0.39 is 11.7 Å². The van der Waals surface area contributed by atoms with Crippen LogP contribution in [0.5, 0.6) is 0 Å². The molecule has 0 unspecified atom stereocenters. The maximum absolute atomic E-state index is 12.8. The average molecular weight is 363 g/mol. The second-order valence-corrected chi connectivity index (χ2v) is 6.45. The smallest absolute Gasteiger partial charge is 0.336 e. The molecule has 4 nitrogen and oxygen atoms in total. The number of halogens is 3.